The minimum Gasteiger partial charge on any atom is -0.391 e. The van der Waals surface area contributed by atoms with Gasteiger partial charge in [-0.05, 0) is 43.3 Å². The first-order valence-corrected chi connectivity index (χ1v) is 9.69. The van der Waals surface area contributed by atoms with Crippen LogP contribution in [0.15, 0.2) is 53.4 Å². The number of β-amino-alcohol motifs (C(OH)–C–C–N with tert-alkyl or cyclic N) is 1. The fraction of sp³-hybridized carbons (Fsp3) is 0.400. The fourth-order valence-electron chi connectivity index (χ4n) is 3.02. The number of anilines is 1. The van der Waals surface area contributed by atoms with Crippen molar-refractivity contribution in [2.45, 2.75) is 17.9 Å². The number of piperazine rings is 1. The Labute approximate surface area is 153 Å². The molecule has 1 aliphatic rings. The SMILES string of the molecule is Cc1ccc(SC[C@@H](O)CN2CCN(c3ccc(F)cc3)CC2)cc1. The molecule has 2 aromatic rings. The van der Waals surface area contributed by atoms with Gasteiger partial charge < -0.3 is 10.0 Å². The van der Waals surface area contributed by atoms with Crippen molar-refractivity contribution in [2.75, 3.05) is 43.4 Å². The van der Waals surface area contributed by atoms with Gasteiger partial charge in [0, 0.05) is 49.1 Å². The van der Waals surface area contributed by atoms with Gasteiger partial charge >= 0.3 is 0 Å². The predicted octanol–water partition coefficient (Wildman–Crippen LogP) is 3.41. The van der Waals surface area contributed by atoms with E-state index in [2.05, 4.69) is 41.0 Å². The number of halogens is 1. The molecule has 1 fully saturated rings. The molecule has 1 aliphatic heterocycles. The van der Waals surface area contributed by atoms with Crippen molar-refractivity contribution < 1.29 is 9.50 Å². The molecule has 0 amide bonds. The van der Waals surface area contributed by atoms with Crippen LogP contribution in [0.3, 0.4) is 0 Å². The number of benzene rings is 2. The maximum absolute atomic E-state index is 13.0. The topological polar surface area (TPSA) is 26.7 Å². The second-order valence-electron chi connectivity index (χ2n) is 6.54. The van der Waals surface area contributed by atoms with Gasteiger partial charge in [0.15, 0.2) is 0 Å². The molecular weight excluding hydrogens is 335 g/mol. The Morgan fingerprint density at radius 3 is 2.28 bits per heavy atom. The molecule has 0 aromatic heterocycles. The van der Waals surface area contributed by atoms with Crippen LogP contribution in [0.25, 0.3) is 0 Å². The summed E-state index contributed by atoms with van der Waals surface area (Å²) in [4.78, 5) is 5.77. The molecule has 2 aromatic carbocycles. The molecule has 0 spiro atoms. The summed E-state index contributed by atoms with van der Waals surface area (Å²) in [6, 6.07) is 15.1. The van der Waals surface area contributed by atoms with Gasteiger partial charge in [0.25, 0.3) is 0 Å². The molecule has 134 valence electrons. The van der Waals surface area contributed by atoms with E-state index < -0.39 is 0 Å². The number of aryl methyl sites for hydroxylation is 1. The lowest BCUT2D eigenvalue weighted by atomic mass is 10.2. The van der Waals surface area contributed by atoms with Gasteiger partial charge in [-0.25, -0.2) is 4.39 Å². The molecule has 1 saturated heterocycles. The van der Waals surface area contributed by atoms with Crippen molar-refractivity contribution in [2.24, 2.45) is 0 Å². The summed E-state index contributed by atoms with van der Waals surface area (Å²) in [6.07, 6.45) is -0.330. The van der Waals surface area contributed by atoms with Gasteiger partial charge in [0.2, 0.25) is 0 Å². The average Bonchev–Trinajstić information content (AvgIpc) is 2.63. The Bertz CT molecular complexity index is 654. The number of rotatable bonds is 6. The monoisotopic (exact) mass is 360 g/mol. The molecule has 5 heteroatoms. The van der Waals surface area contributed by atoms with Crippen molar-refractivity contribution in [1.82, 2.24) is 4.90 Å². The zero-order chi connectivity index (χ0) is 17.6. The molecule has 0 radical (unpaired) electrons. The number of aliphatic hydroxyl groups is 1. The Balaban J connectivity index is 1.40. The average molecular weight is 360 g/mol. The Morgan fingerprint density at radius 2 is 1.64 bits per heavy atom. The first kappa shape index (κ1) is 18.2. The van der Waals surface area contributed by atoms with E-state index in [0.29, 0.717) is 12.3 Å². The second kappa shape index (κ2) is 8.70. The standard InChI is InChI=1S/C20H25FN2OS/c1-16-2-8-20(9-3-16)25-15-19(24)14-22-10-12-23(13-11-22)18-6-4-17(21)5-7-18/h2-9,19,24H,10-15H2,1H3/t19-/m0/s1. The van der Waals surface area contributed by atoms with Gasteiger partial charge in [-0.1, -0.05) is 17.7 Å². The zero-order valence-electron chi connectivity index (χ0n) is 14.6. The Morgan fingerprint density at radius 1 is 1.00 bits per heavy atom. The van der Waals surface area contributed by atoms with E-state index in [0.717, 1.165) is 31.9 Å². The predicted molar refractivity (Wildman–Crippen MR) is 103 cm³/mol. The third-order valence-corrected chi connectivity index (χ3v) is 5.65. The highest BCUT2D eigenvalue weighted by molar-refractivity contribution is 7.99. The highest BCUT2D eigenvalue weighted by Gasteiger charge is 2.19. The number of hydrogen-bond acceptors (Lipinski definition) is 4. The van der Waals surface area contributed by atoms with E-state index in [1.165, 1.54) is 22.6 Å². The summed E-state index contributed by atoms with van der Waals surface area (Å²) in [5.41, 5.74) is 2.32. The van der Waals surface area contributed by atoms with Crippen LogP contribution in [0.5, 0.6) is 0 Å². The summed E-state index contributed by atoms with van der Waals surface area (Å²) >= 11 is 1.70. The minimum absolute atomic E-state index is 0.198. The quantitative estimate of drug-likeness (QED) is 0.799. The van der Waals surface area contributed by atoms with Gasteiger partial charge in [-0.15, -0.1) is 11.8 Å². The highest BCUT2D eigenvalue weighted by Crippen LogP contribution is 2.20. The molecule has 0 bridgehead atoms. The number of hydrogen-bond donors (Lipinski definition) is 1. The number of aliphatic hydroxyl groups excluding tert-OH is 1. The van der Waals surface area contributed by atoms with E-state index in [1.54, 1.807) is 11.8 Å². The molecule has 1 heterocycles. The van der Waals surface area contributed by atoms with Crippen LogP contribution in [-0.4, -0.2) is 54.6 Å². The Kier molecular flexibility index (Phi) is 6.34. The van der Waals surface area contributed by atoms with Crippen molar-refractivity contribution >= 4 is 17.4 Å². The van der Waals surface area contributed by atoms with Crippen LogP contribution < -0.4 is 4.90 Å². The van der Waals surface area contributed by atoms with Crippen molar-refractivity contribution in [3.8, 4) is 0 Å². The number of nitrogens with zero attached hydrogens (tertiary/aromatic N) is 2. The Hall–Kier alpha value is -1.56. The highest BCUT2D eigenvalue weighted by atomic mass is 32.2. The lowest BCUT2D eigenvalue weighted by Gasteiger charge is -2.36. The summed E-state index contributed by atoms with van der Waals surface area (Å²) in [5.74, 6) is 0.512. The van der Waals surface area contributed by atoms with Crippen LogP contribution in [-0.2, 0) is 0 Å². The molecular formula is C20H25FN2OS. The van der Waals surface area contributed by atoms with Crippen LogP contribution in [0.4, 0.5) is 10.1 Å². The van der Waals surface area contributed by atoms with Crippen molar-refractivity contribution in [3.63, 3.8) is 0 Å². The fourth-order valence-corrected chi connectivity index (χ4v) is 3.84. The van der Waals surface area contributed by atoms with E-state index in [9.17, 15) is 9.50 Å². The first-order valence-electron chi connectivity index (χ1n) is 8.70. The first-order chi connectivity index (χ1) is 12.1. The molecule has 0 saturated carbocycles. The summed E-state index contributed by atoms with van der Waals surface area (Å²) in [5, 5.41) is 10.3. The van der Waals surface area contributed by atoms with Crippen LogP contribution in [0.2, 0.25) is 0 Å². The van der Waals surface area contributed by atoms with Gasteiger partial charge in [0.1, 0.15) is 5.82 Å². The smallest absolute Gasteiger partial charge is 0.123 e. The van der Waals surface area contributed by atoms with E-state index >= 15 is 0 Å². The molecule has 0 unspecified atom stereocenters. The normalized spacial score (nSPS) is 16.8. The molecule has 3 nitrogen and oxygen atoms in total. The molecule has 1 N–H and O–H groups in total. The lowest BCUT2D eigenvalue weighted by molar-refractivity contribution is 0.126. The van der Waals surface area contributed by atoms with Gasteiger partial charge in [-0.3, -0.25) is 4.90 Å². The third kappa shape index (κ3) is 5.46. The largest absolute Gasteiger partial charge is 0.391 e. The molecule has 0 aliphatic carbocycles. The second-order valence-corrected chi connectivity index (χ2v) is 7.64. The van der Waals surface area contributed by atoms with Crippen LogP contribution in [0.1, 0.15) is 5.56 Å². The van der Waals surface area contributed by atoms with Gasteiger partial charge in [-0.2, -0.15) is 0 Å². The number of thioether (sulfide) groups is 1. The minimum atomic E-state index is -0.330. The summed E-state index contributed by atoms with van der Waals surface area (Å²) in [7, 11) is 0. The summed E-state index contributed by atoms with van der Waals surface area (Å²) < 4.78 is 13.0. The van der Waals surface area contributed by atoms with Gasteiger partial charge in [0.05, 0.1) is 6.10 Å². The molecule has 3 rings (SSSR count). The van der Waals surface area contributed by atoms with Crippen LogP contribution >= 0.6 is 11.8 Å². The lowest BCUT2D eigenvalue weighted by Crippen LogP contribution is -2.48. The molecule has 25 heavy (non-hydrogen) atoms. The maximum atomic E-state index is 13.0. The van der Waals surface area contributed by atoms with Crippen molar-refractivity contribution in [3.05, 3.63) is 59.9 Å². The maximum Gasteiger partial charge on any atom is 0.123 e. The summed E-state index contributed by atoms with van der Waals surface area (Å²) in [6.45, 7) is 6.44. The van der Waals surface area contributed by atoms with Crippen LogP contribution in [0, 0.1) is 12.7 Å². The third-order valence-electron chi connectivity index (χ3n) is 4.50. The van der Waals surface area contributed by atoms with E-state index in [1.807, 2.05) is 12.1 Å². The zero-order valence-corrected chi connectivity index (χ0v) is 15.4. The molecule has 1 atom stereocenters. The van der Waals surface area contributed by atoms with E-state index in [4.69, 9.17) is 0 Å². The van der Waals surface area contributed by atoms with Crippen molar-refractivity contribution in [1.29, 1.82) is 0 Å². The van der Waals surface area contributed by atoms with E-state index in [-0.39, 0.29) is 11.9 Å².